The van der Waals surface area contributed by atoms with Crippen LogP contribution in [0.5, 0.6) is 5.75 Å². The molecule has 19 heavy (non-hydrogen) atoms. The van der Waals surface area contributed by atoms with Crippen LogP contribution in [0.3, 0.4) is 0 Å². The second-order valence-electron chi connectivity index (χ2n) is 4.12. The van der Waals surface area contributed by atoms with Crippen LogP contribution in [0.25, 0.3) is 5.69 Å². The monoisotopic (exact) mass is 342 g/mol. The maximum Gasteiger partial charge on any atom is 0.144 e. The first-order valence-electron chi connectivity index (χ1n) is 6.22. The molecule has 0 bridgehead atoms. The van der Waals surface area contributed by atoms with Crippen molar-refractivity contribution in [1.82, 2.24) is 9.55 Å². The van der Waals surface area contributed by atoms with E-state index in [-0.39, 0.29) is 0 Å². The molecule has 1 aromatic heterocycles. The summed E-state index contributed by atoms with van der Waals surface area (Å²) in [5, 5.41) is 0.667. The summed E-state index contributed by atoms with van der Waals surface area (Å²) in [4.78, 5) is 4.58. The van der Waals surface area contributed by atoms with Gasteiger partial charge in [-0.2, -0.15) is 0 Å². The third-order valence-electron chi connectivity index (χ3n) is 2.99. The number of ether oxygens (including phenoxy) is 1. The second-order valence-corrected chi connectivity index (χ2v) is 5.40. The Balaban J connectivity index is 2.67. The minimum atomic E-state index is 0.667. The van der Waals surface area contributed by atoms with Gasteiger partial charge in [0, 0.05) is 10.9 Å². The molecule has 0 atom stereocenters. The summed E-state index contributed by atoms with van der Waals surface area (Å²) < 4.78 is 8.38. The fourth-order valence-corrected chi connectivity index (χ4v) is 2.74. The molecular formula is C14H16BrClN2O. The van der Waals surface area contributed by atoms with Crippen LogP contribution in [0.15, 0.2) is 22.7 Å². The van der Waals surface area contributed by atoms with E-state index in [1.54, 1.807) is 7.11 Å². The standard InChI is InChI=1S/C14H16BrClN2O/c1-4-10-14(16)18(13(5-2)17-10)11-7-6-9(15)8-12(11)19-3/h6-8H,4-5H2,1-3H3. The van der Waals surface area contributed by atoms with Crippen LogP contribution in [-0.4, -0.2) is 16.7 Å². The van der Waals surface area contributed by atoms with E-state index < -0.39 is 0 Å². The Labute approximate surface area is 126 Å². The maximum atomic E-state index is 6.44. The Morgan fingerprint density at radius 2 is 2.05 bits per heavy atom. The minimum absolute atomic E-state index is 0.667. The first-order chi connectivity index (χ1) is 9.12. The molecule has 0 unspecified atom stereocenters. The zero-order chi connectivity index (χ0) is 14.0. The summed E-state index contributed by atoms with van der Waals surface area (Å²) in [6.45, 7) is 4.12. The molecule has 0 saturated heterocycles. The number of methoxy groups -OCH3 is 1. The molecule has 0 radical (unpaired) electrons. The number of hydrogen-bond acceptors (Lipinski definition) is 2. The third kappa shape index (κ3) is 2.65. The fraction of sp³-hybridized carbons (Fsp3) is 0.357. The van der Waals surface area contributed by atoms with Gasteiger partial charge in [-0.15, -0.1) is 0 Å². The van der Waals surface area contributed by atoms with Crippen LogP contribution in [-0.2, 0) is 12.8 Å². The molecule has 0 amide bonds. The van der Waals surface area contributed by atoms with Gasteiger partial charge in [0.2, 0.25) is 0 Å². The molecular weight excluding hydrogens is 328 g/mol. The van der Waals surface area contributed by atoms with Gasteiger partial charge in [-0.1, -0.05) is 41.4 Å². The van der Waals surface area contributed by atoms with E-state index in [0.717, 1.165) is 40.3 Å². The summed E-state index contributed by atoms with van der Waals surface area (Å²) >= 11 is 9.89. The van der Waals surface area contributed by atoms with Crippen molar-refractivity contribution in [2.45, 2.75) is 26.7 Å². The first kappa shape index (κ1) is 14.4. The van der Waals surface area contributed by atoms with E-state index in [1.807, 2.05) is 22.8 Å². The van der Waals surface area contributed by atoms with Crippen LogP contribution >= 0.6 is 27.5 Å². The predicted octanol–water partition coefficient (Wildman–Crippen LogP) is 4.42. The highest BCUT2D eigenvalue weighted by Gasteiger charge is 2.17. The van der Waals surface area contributed by atoms with Crippen LogP contribution in [0.2, 0.25) is 5.15 Å². The molecule has 0 spiro atoms. The maximum absolute atomic E-state index is 6.44. The Hall–Kier alpha value is -1.00. The molecule has 0 fully saturated rings. The lowest BCUT2D eigenvalue weighted by Crippen LogP contribution is -2.02. The summed E-state index contributed by atoms with van der Waals surface area (Å²) in [6, 6.07) is 5.88. The topological polar surface area (TPSA) is 27.1 Å². The molecule has 1 heterocycles. The normalized spacial score (nSPS) is 10.8. The number of aromatic nitrogens is 2. The van der Waals surface area contributed by atoms with Gasteiger partial charge in [0.25, 0.3) is 0 Å². The van der Waals surface area contributed by atoms with Crippen LogP contribution in [0, 0.1) is 0 Å². The summed E-state index contributed by atoms with van der Waals surface area (Å²) in [5.41, 5.74) is 1.84. The Morgan fingerprint density at radius 3 is 2.63 bits per heavy atom. The van der Waals surface area contributed by atoms with Crippen molar-refractivity contribution >= 4 is 27.5 Å². The van der Waals surface area contributed by atoms with E-state index in [1.165, 1.54) is 0 Å². The zero-order valence-electron chi connectivity index (χ0n) is 11.2. The number of nitrogens with zero attached hydrogens (tertiary/aromatic N) is 2. The SMILES string of the molecule is CCc1nc(CC)n(-c2ccc(Br)cc2OC)c1Cl. The lowest BCUT2D eigenvalue weighted by molar-refractivity contribution is 0.412. The zero-order valence-corrected chi connectivity index (χ0v) is 13.5. The minimum Gasteiger partial charge on any atom is -0.495 e. The van der Waals surface area contributed by atoms with E-state index in [4.69, 9.17) is 16.3 Å². The quantitative estimate of drug-likeness (QED) is 0.821. The average Bonchev–Trinajstić information content (AvgIpc) is 2.75. The van der Waals surface area contributed by atoms with Gasteiger partial charge in [0.15, 0.2) is 0 Å². The lowest BCUT2D eigenvalue weighted by Gasteiger charge is -2.13. The fourth-order valence-electron chi connectivity index (χ4n) is 2.04. The van der Waals surface area contributed by atoms with E-state index in [9.17, 15) is 0 Å². The average molecular weight is 344 g/mol. The van der Waals surface area contributed by atoms with Gasteiger partial charge in [0.1, 0.15) is 16.7 Å². The molecule has 0 saturated carbocycles. The van der Waals surface area contributed by atoms with E-state index in [2.05, 4.69) is 34.8 Å². The van der Waals surface area contributed by atoms with Crippen molar-refractivity contribution in [3.63, 3.8) is 0 Å². The van der Waals surface area contributed by atoms with Gasteiger partial charge in [-0.05, 0) is 24.6 Å². The van der Waals surface area contributed by atoms with E-state index in [0.29, 0.717) is 5.15 Å². The molecule has 102 valence electrons. The van der Waals surface area contributed by atoms with Crippen LogP contribution in [0.4, 0.5) is 0 Å². The van der Waals surface area contributed by atoms with Gasteiger partial charge in [-0.3, -0.25) is 4.57 Å². The summed E-state index contributed by atoms with van der Waals surface area (Å²) in [5.74, 6) is 1.72. The van der Waals surface area contributed by atoms with Gasteiger partial charge < -0.3 is 4.74 Å². The second kappa shape index (κ2) is 5.97. The molecule has 0 aliphatic rings. The van der Waals surface area contributed by atoms with Crippen molar-refractivity contribution in [3.05, 3.63) is 39.3 Å². The van der Waals surface area contributed by atoms with Crippen LogP contribution in [0.1, 0.15) is 25.4 Å². The molecule has 2 aromatic rings. The number of benzene rings is 1. The smallest absolute Gasteiger partial charge is 0.144 e. The van der Waals surface area contributed by atoms with Crippen molar-refractivity contribution in [1.29, 1.82) is 0 Å². The van der Waals surface area contributed by atoms with Crippen molar-refractivity contribution in [3.8, 4) is 11.4 Å². The number of rotatable bonds is 4. The highest BCUT2D eigenvalue weighted by molar-refractivity contribution is 9.10. The Kier molecular flexibility index (Phi) is 4.53. The third-order valence-corrected chi connectivity index (χ3v) is 3.87. The van der Waals surface area contributed by atoms with Gasteiger partial charge >= 0.3 is 0 Å². The molecule has 1 aromatic carbocycles. The Bertz CT molecular complexity index is 595. The Morgan fingerprint density at radius 1 is 1.32 bits per heavy atom. The lowest BCUT2D eigenvalue weighted by atomic mass is 10.2. The number of hydrogen-bond donors (Lipinski definition) is 0. The first-order valence-corrected chi connectivity index (χ1v) is 7.39. The molecule has 5 heteroatoms. The summed E-state index contributed by atoms with van der Waals surface area (Å²) in [6.07, 6.45) is 1.64. The molecule has 3 nitrogen and oxygen atoms in total. The van der Waals surface area contributed by atoms with Crippen molar-refractivity contribution in [2.75, 3.05) is 7.11 Å². The molecule has 0 N–H and O–H groups in total. The van der Waals surface area contributed by atoms with Gasteiger partial charge in [0.05, 0.1) is 18.5 Å². The van der Waals surface area contributed by atoms with Gasteiger partial charge in [-0.25, -0.2) is 4.98 Å². The largest absolute Gasteiger partial charge is 0.495 e. The molecule has 0 aliphatic heterocycles. The molecule has 0 aliphatic carbocycles. The number of halogens is 2. The van der Waals surface area contributed by atoms with Crippen LogP contribution < -0.4 is 4.74 Å². The van der Waals surface area contributed by atoms with E-state index >= 15 is 0 Å². The number of aryl methyl sites for hydroxylation is 2. The highest BCUT2D eigenvalue weighted by Crippen LogP contribution is 2.32. The number of imidazole rings is 1. The van der Waals surface area contributed by atoms with Crippen molar-refractivity contribution < 1.29 is 4.74 Å². The molecule has 2 rings (SSSR count). The van der Waals surface area contributed by atoms with Crippen molar-refractivity contribution in [2.24, 2.45) is 0 Å². The summed E-state index contributed by atoms with van der Waals surface area (Å²) in [7, 11) is 1.66. The highest BCUT2D eigenvalue weighted by atomic mass is 79.9. The predicted molar refractivity (Wildman–Crippen MR) is 81.6 cm³/mol.